The van der Waals surface area contributed by atoms with E-state index in [0.29, 0.717) is 34.2 Å². The minimum atomic E-state index is -5.01. The van der Waals surface area contributed by atoms with Crippen LogP contribution in [0.4, 0.5) is 19.0 Å². The Hall–Kier alpha value is -3.92. The fourth-order valence-corrected chi connectivity index (χ4v) is 3.30. The Morgan fingerprint density at radius 1 is 1.09 bits per heavy atom. The van der Waals surface area contributed by atoms with Crippen molar-refractivity contribution in [2.75, 3.05) is 11.9 Å². The van der Waals surface area contributed by atoms with Gasteiger partial charge in [0.05, 0.1) is 11.7 Å². The van der Waals surface area contributed by atoms with E-state index in [4.69, 9.17) is 10.5 Å². The first-order valence-corrected chi connectivity index (χ1v) is 10.0. The van der Waals surface area contributed by atoms with Crippen LogP contribution < -0.4 is 15.8 Å². The van der Waals surface area contributed by atoms with E-state index in [0.717, 1.165) is 5.56 Å². The van der Waals surface area contributed by atoms with Gasteiger partial charge in [0, 0.05) is 23.2 Å². The fraction of sp³-hybridized carbons (Fsp3) is 0.174. The summed E-state index contributed by atoms with van der Waals surface area (Å²) >= 11 is 0. The van der Waals surface area contributed by atoms with E-state index in [9.17, 15) is 18.0 Å². The summed E-state index contributed by atoms with van der Waals surface area (Å²) in [6.45, 7) is 0.286. The van der Waals surface area contributed by atoms with Crippen LogP contribution in [0.1, 0.15) is 5.56 Å². The van der Waals surface area contributed by atoms with E-state index in [1.54, 1.807) is 42.0 Å². The summed E-state index contributed by atoms with van der Waals surface area (Å²) in [7, 11) is 0. The molecule has 2 aromatic carbocycles. The van der Waals surface area contributed by atoms with E-state index in [1.165, 1.54) is 0 Å². The van der Waals surface area contributed by atoms with Crippen molar-refractivity contribution in [3.05, 3.63) is 72.6 Å². The van der Waals surface area contributed by atoms with Gasteiger partial charge >= 0.3 is 12.1 Å². The van der Waals surface area contributed by atoms with Gasteiger partial charge in [0.1, 0.15) is 12.4 Å². The summed E-state index contributed by atoms with van der Waals surface area (Å²) < 4.78 is 43.6. The van der Waals surface area contributed by atoms with Gasteiger partial charge in [0.2, 0.25) is 0 Å². The Kier molecular flexibility index (Phi) is 6.27. The van der Waals surface area contributed by atoms with Crippen LogP contribution in [0.15, 0.2) is 67.0 Å². The molecule has 0 aliphatic carbocycles. The second-order valence-electron chi connectivity index (χ2n) is 7.45. The number of aromatic amines is 1. The number of ether oxygens (including phenoxy) is 1. The number of anilines is 1. The van der Waals surface area contributed by atoms with E-state index < -0.39 is 12.1 Å². The van der Waals surface area contributed by atoms with Crippen molar-refractivity contribution in [1.29, 1.82) is 0 Å². The average Bonchev–Trinajstić information content (AvgIpc) is 3.20. The van der Waals surface area contributed by atoms with Crippen LogP contribution in [-0.2, 0) is 11.2 Å². The molecule has 1 atom stereocenters. The molecule has 0 bridgehead atoms. The number of nitrogens with zero attached hydrogens (tertiary/aromatic N) is 2. The topological polar surface area (TPSA) is 106 Å². The highest BCUT2D eigenvalue weighted by Crippen LogP contribution is 2.29. The number of carbonyl (C=O) groups excluding carboxylic acids is 1. The lowest BCUT2D eigenvalue weighted by molar-refractivity contribution is -0.167. The second-order valence-corrected chi connectivity index (χ2v) is 7.45. The Labute approximate surface area is 186 Å². The third-order valence-corrected chi connectivity index (χ3v) is 4.90. The molecule has 1 amide bonds. The van der Waals surface area contributed by atoms with Crippen LogP contribution in [-0.4, -0.2) is 39.9 Å². The van der Waals surface area contributed by atoms with Crippen LogP contribution in [0.25, 0.3) is 22.0 Å². The predicted octanol–water partition coefficient (Wildman–Crippen LogP) is 4.07. The number of carbonyl (C=O) groups is 1. The normalized spacial score (nSPS) is 12.5. The Bertz CT molecular complexity index is 1260. The number of nitrogens with one attached hydrogen (secondary N) is 2. The zero-order valence-electron chi connectivity index (χ0n) is 17.3. The van der Waals surface area contributed by atoms with E-state index in [-0.39, 0.29) is 18.5 Å². The largest absolute Gasteiger partial charge is 0.490 e. The molecular formula is C23H20F3N5O2. The summed E-state index contributed by atoms with van der Waals surface area (Å²) in [4.78, 5) is 15.5. The Morgan fingerprint density at radius 2 is 1.88 bits per heavy atom. The molecule has 0 spiro atoms. The molecule has 0 radical (unpaired) electrons. The first-order chi connectivity index (χ1) is 15.8. The van der Waals surface area contributed by atoms with Crippen molar-refractivity contribution in [2.45, 2.75) is 18.6 Å². The molecule has 170 valence electrons. The summed E-state index contributed by atoms with van der Waals surface area (Å²) in [6.07, 6.45) is -1.19. The molecule has 2 heterocycles. The number of fused-ring (bicyclic) bond motifs is 1. The molecule has 33 heavy (non-hydrogen) atoms. The highest BCUT2D eigenvalue weighted by atomic mass is 19.4. The van der Waals surface area contributed by atoms with Crippen LogP contribution in [0, 0.1) is 0 Å². The molecule has 10 heteroatoms. The number of aromatic nitrogens is 3. The van der Waals surface area contributed by atoms with Gasteiger partial charge in [-0.1, -0.05) is 36.4 Å². The van der Waals surface area contributed by atoms with E-state index in [1.807, 2.05) is 30.3 Å². The monoisotopic (exact) mass is 455 g/mol. The van der Waals surface area contributed by atoms with Crippen molar-refractivity contribution < 1.29 is 22.7 Å². The number of hydrogen-bond donors (Lipinski definition) is 3. The lowest BCUT2D eigenvalue weighted by Gasteiger charge is -2.14. The van der Waals surface area contributed by atoms with Crippen molar-refractivity contribution in [3.63, 3.8) is 0 Å². The Morgan fingerprint density at radius 3 is 2.64 bits per heavy atom. The SMILES string of the molecule is N[C@H](COc1cncc(-c2ccc3[nH]nc(NC(=O)C(F)(F)F)c3c2)c1)Cc1ccccc1. The van der Waals surface area contributed by atoms with Gasteiger partial charge in [-0.15, -0.1) is 0 Å². The number of rotatable bonds is 7. The van der Waals surface area contributed by atoms with Gasteiger partial charge in [-0.05, 0) is 35.7 Å². The first-order valence-electron chi connectivity index (χ1n) is 10.0. The van der Waals surface area contributed by atoms with E-state index >= 15 is 0 Å². The molecular weight excluding hydrogens is 435 g/mol. The van der Waals surface area contributed by atoms with Crippen molar-refractivity contribution in [1.82, 2.24) is 15.2 Å². The maximum atomic E-state index is 12.6. The molecule has 0 saturated carbocycles. The third-order valence-electron chi connectivity index (χ3n) is 4.90. The molecule has 4 aromatic rings. The first kappa shape index (κ1) is 22.3. The fourth-order valence-electron chi connectivity index (χ4n) is 3.30. The molecule has 0 aliphatic heterocycles. The zero-order chi connectivity index (χ0) is 23.4. The molecule has 0 unspecified atom stereocenters. The summed E-state index contributed by atoms with van der Waals surface area (Å²) in [5.41, 5.74) is 9.10. The molecule has 0 saturated heterocycles. The number of pyridine rings is 1. The summed E-state index contributed by atoms with van der Waals surface area (Å²) in [5, 5.41) is 8.50. The molecule has 7 nitrogen and oxygen atoms in total. The van der Waals surface area contributed by atoms with Crippen molar-refractivity contribution >= 4 is 22.6 Å². The average molecular weight is 455 g/mol. The lowest BCUT2D eigenvalue weighted by Crippen LogP contribution is -2.30. The van der Waals surface area contributed by atoms with Gasteiger partial charge in [0.25, 0.3) is 0 Å². The molecule has 4 rings (SSSR count). The summed E-state index contributed by atoms with van der Waals surface area (Å²) in [6, 6.07) is 16.4. The Balaban J connectivity index is 1.49. The molecule has 2 aromatic heterocycles. The zero-order valence-corrected chi connectivity index (χ0v) is 17.3. The predicted molar refractivity (Wildman–Crippen MR) is 118 cm³/mol. The minimum absolute atomic E-state index is 0.207. The number of halogens is 3. The molecule has 0 fully saturated rings. The van der Waals surface area contributed by atoms with Gasteiger partial charge in [-0.3, -0.25) is 14.9 Å². The molecule has 0 aliphatic rings. The third kappa shape index (κ3) is 5.47. The minimum Gasteiger partial charge on any atom is -0.490 e. The highest BCUT2D eigenvalue weighted by Gasteiger charge is 2.39. The highest BCUT2D eigenvalue weighted by molar-refractivity contribution is 6.02. The maximum absolute atomic E-state index is 12.6. The number of alkyl halides is 3. The van der Waals surface area contributed by atoms with Crippen molar-refractivity contribution in [3.8, 4) is 16.9 Å². The second kappa shape index (κ2) is 9.29. The van der Waals surface area contributed by atoms with Gasteiger partial charge < -0.3 is 15.8 Å². The standard InChI is InChI=1S/C23H20F3N5O2/c24-23(25,26)22(32)29-21-19-10-15(6-7-20(19)30-31-21)16-9-18(12-28-11-16)33-13-17(27)8-14-4-2-1-3-5-14/h1-7,9-12,17H,8,13,27H2,(H2,29,30,31,32)/t17-/m0/s1. The number of hydrogen-bond acceptors (Lipinski definition) is 5. The smallest absolute Gasteiger partial charge is 0.471 e. The van der Waals surface area contributed by atoms with Gasteiger partial charge in [-0.25, -0.2) is 0 Å². The maximum Gasteiger partial charge on any atom is 0.471 e. The van der Waals surface area contributed by atoms with Crippen LogP contribution in [0.5, 0.6) is 5.75 Å². The van der Waals surface area contributed by atoms with Gasteiger partial charge in [0.15, 0.2) is 5.82 Å². The van der Waals surface area contributed by atoms with Crippen LogP contribution >= 0.6 is 0 Å². The number of nitrogens with two attached hydrogens (primary N) is 1. The van der Waals surface area contributed by atoms with Gasteiger partial charge in [-0.2, -0.15) is 18.3 Å². The van der Waals surface area contributed by atoms with Crippen molar-refractivity contribution in [2.24, 2.45) is 5.73 Å². The number of benzene rings is 2. The summed E-state index contributed by atoms with van der Waals surface area (Å²) in [5.74, 6) is -1.79. The lowest BCUT2D eigenvalue weighted by atomic mass is 10.1. The number of H-pyrrole nitrogens is 1. The van der Waals surface area contributed by atoms with Crippen LogP contribution in [0.3, 0.4) is 0 Å². The van der Waals surface area contributed by atoms with Crippen LogP contribution in [0.2, 0.25) is 0 Å². The quantitative estimate of drug-likeness (QED) is 0.390. The molecule has 4 N–H and O–H groups in total. The van der Waals surface area contributed by atoms with E-state index in [2.05, 4.69) is 15.2 Å². The number of amides is 1.